The lowest BCUT2D eigenvalue weighted by molar-refractivity contribution is -0.274. The average molecular weight is 435 g/mol. The Balaban J connectivity index is 1.76. The van der Waals surface area contributed by atoms with Crippen molar-refractivity contribution >= 4 is 5.69 Å². The minimum atomic E-state index is -4.85. The topological polar surface area (TPSA) is 41.9 Å². The number of hydrogen-bond donors (Lipinski definition) is 1. The molecule has 164 valence electrons. The lowest BCUT2D eigenvalue weighted by Crippen LogP contribution is -2.42. The van der Waals surface area contributed by atoms with E-state index in [9.17, 15) is 31.4 Å². The van der Waals surface area contributed by atoms with Crippen LogP contribution >= 0.6 is 0 Å². The number of aliphatic hydroxyl groups is 1. The third-order valence-electron chi connectivity index (χ3n) is 4.40. The fraction of sp³-hybridized carbons (Fsp3) is 0.400. The van der Waals surface area contributed by atoms with Crippen molar-refractivity contribution in [3.05, 3.63) is 48.5 Å². The SMILES string of the molecule is OC(CN(CC1CC1)c1cccc(Oc2cccc(OC(F)(F)F)c2)c1)C(F)(F)F. The Kier molecular flexibility index (Phi) is 6.35. The van der Waals surface area contributed by atoms with Crippen molar-refractivity contribution in [1.29, 1.82) is 0 Å². The monoisotopic (exact) mass is 435 g/mol. The smallest absolute Gasteiger partial charge is 0.457 e. The van der Waals surface area contributed by atoms with Crippen LogP contribution in [0.15, 0.2) is 48.5 Å². The van der Waals surface area contributed by atoms with Gasteiger partial charge in [0.1, 0.15) is 17.2 Å². The Morgan fingerprint density at radius 2 is 1.53 bits per heavy atom. The second-order valence-electron chi connectivity index (χ2n) is 7.03. The van der Waals surface area contributed by atoms with Gasteiger partial charge >= 0.3 is 12.5 Å². The van der Waals surface area contributed by atoms with E-state index in [1.165, 1.54) is 29.2 Å². The summed E-state index contributed by atoms with van der Waals surface area (Å²) in [4.78, 5) is 1.44. The van der Waals surface area contributed by atoms with Gasteiger partial charge in [0, 0.05) is 24.4 Å². The summed E-state index contributed by atoms with van der Waals surface area (Å²) in [6, 6.07) is 11.0. The zero-order valence-electron chi connectivity index (χ0n) is 15.6. The maximum atomic E-state index is 12.8. The highest BCUT2D eigenvalue weighted by molar-refractivity contribution is 5.52. The van der Waals surface area contributed by atoms with Crippen LogP contribution in [0.1, 0.15) is 12.8 Å². The second-order valence-corrected chi connectivity index (χ2v) is 7.03. The van der Waals surface area contributed by atoms with E-state index in [4.69, 9.17) is 4.74 Å². The van der Waals surface area contributed by atoms with E-state index in [1.54, 1.807) is 12.1 Å². The summed E-state index contributed by atoms with van der Waals surface area (Å²) >= 11 is 0. The molecule has 0 spiro atoms. The van der Waals surface area contributed by atoms with E-state index < -0.39 is 30.9 Å². The van der Waals surface area contributed by atoms with Crippen LogP contribution in [0, 0.1) is 5.92 Å². The van der Waals surface area contributed by atoms with Gasteiger partial charge in [-0.3, -0.25) is 0 Å². The molecule has 3 rings (SSSR count). The molecule has 0 saturated heterocycles. The van der Waals surface area contributed by atoms with E-state index in [-0.39, 0.29) is 17.4 Å². The summed E-state index contributed by atoms with van der Waals surface area (Å²) in [5.74, 6) is 0.0861. The Morgan fingerprint density at radius 1 is 0.933 bits per heavy atom. The fourth-order valence-electron chi connectivity index (χ4n) is 2.82. The maximum Gasteiger partial charge on any atom is 0.573 e. The minimum Gasteiger partial charge on any atom is -0.457 e. The number of nitrogens with zero attached hydrogens (tertiary/aromatic N) is 1. The summed E-state index contributed by atoms with van der Waals surface area (Å²) in [5.41, 5.74) is 0.408. The average Bonchev–Trinajstić information content (AvgIpc) is 3.43. The molecule has 1 aliphatic rings. The number of rotatable bonds is 8. The van der Waals surface area contributed by atoms with Gasteiger partial charge in [0.15, 0.2) is 6.10 Å². The number of halogens is 6. The number of alkyl halides is 6. The van der Waals surface area contributed by atoms with Crippen molar-refractivity contribution < 1.29 is 40.9 Å². The van der Waals surface area contributed by atoms with E-state index in [1.807, 2.05) is 0 Å². The van der Waals surface area contributed by atoms with Gasteiger partial charge < -0.3 is 19.5 Å². The lowest BCUT2D eigenvalue weighted by Gasteiger charge is -2.28. The molecule has 2 aromatic carbocycles. The van der Waals surface area contributed by atoms with Gasteiger partial charge in [0.2, 0.25) is 0 Å². The summed E-state index contributed by atoms with van der Waals surface area (Å²) < 4.78 is 84.9. The molecular formula is C20H19F6NO3. The molecule has 4 nitrogen and oxygen atoms in total. The fourth-order valence-corrected chi connectivity index (χ4v) is 2.82. The summed E-state index contributed by atoms with van der Waals surface area (Å²) in [6.07, 6.45) is -10.3. The van der Waals surface area contributed by atoms with Crippen LogP contribution in [-0.2, 0) is 0 Å². The maximum absolute atomic E-state index is 12.8. The van der Waals surface area contributed by atoms with Crippen molar-refractivity contribution in [2.24, 2.45) is 5.92 Å². The number of aliphatic hydroxyl groups excluding tert-OH is 1. The standard InChI is InChI=1S/C20H19F6NO3/c21-19(22,23)18(28)12-27(11-13-7-8-13)14-3-1-4-15(9-14)29-16-5-2-6-17(10-16)30-20(24,25)26/h1-6,9-10,13,18,28H,7-8,11-12H2. The number of ether oxygens (including phenoxy) is 2. The third-order valence-corrected chi connectivity index (χ3v) is 4.40. The minimum absolute atomic E-state index is 0.0676. The lowest BCUT2D eigenvalue weighted by atomic mass is 10.2. The first-order chi connectivity index (χ1) is 14.0. The quantitative estimate of drug-likeness (QED) is 0.555. The molecule has 1 fully saturated rings. The normalized spacial score (nSPS) is 15.6. The molecule has 0 bridgehead atoms. The number of benzene rings is 2. The van der Waals surface area contributed by atoms with Crippen molar-refractivity contribution in [3.8, 4) is 17.2 Å². The number of hydrogen-bond acceptors (Lipinski definition) is 4. The molecule has 1 aliphatic carbocycles. The molecule has 1 saturated carbocycles. The molecule has 0 aromatic heterocycles. The van der Waals surface area contributed by atoms with Crippen LogP contribution in [0.25, 0.3) is 0 Å². The largest absolute Gasteiger partial charge is 0.573 e. The predicted octanol–water partition coefficient (Wildman–Crippen LogP) is 5.52. The van der Waals surface area contributed by atoms with Crippen LogP contribution in [0.3, 0.4) is 0 Å². The van der Waals surface area contributed by atoms with E-state index in [0.717, 1.165) is 25.0 Å². The molecule has 2 aromatic rings. The summed E-state index contributed by atoms with van der Waals surface area (Å²) in [7, 11) is 0. The molecule has 10 heteroatoms. The van der Waals surface area contributed by atoms with Crippen LogP contribution < -0.4 is 14.4 Å². The molecule has 0 heterocycles. The highest BCUT2D eigenvalue weighted by Gasteiger charge is 2.40. The van der Waals surface area contributed by atoms with Crippen LogP contribution in [-0.4, -0.2) is 36.8 Å². The van der Waals surface area contributed by atoms with E-state index in [0.29, 0.717) is 12.2 Å². The molecule has 1 unspecified atom stereocenters. The summed E-state index contributed by atoms with van der Waals surface area (Å²) in [5, 5.41) is 9.47. The zero-order chi connectivity index (χ0) is 21.9. The van der Waals surface area contributed by atoms with Crippen molar-refractivity contribution in [3.63, 3.8) is 0 Å². The van der Waals surface area contributed by atoms with Gasteiger partial charge in [-0.15, -0.1) is 13.2 Å². The molecule has 0 amide bonds. The number of anilines is 1. The van der Waals surface area contributed by atoms with Gasteiger partial charge in [-0.25, -0.2) is 0 Å². The second kappa shape index (κ2) is 8.63. The first kappa shape index (κ1) is 22.1. The molecular weight excluding hydrogens is 416 g/mol. The first-order valence-electron chi connectivity index (χ1n) is 9.13. The van der Waals surface area contributed by atoms with E-state index >= 15 is 0 Å². The van der Waals surface area contributed by atoms with Crippen LogP contribution in [0.4, 0.5) is 32.0 Å². The Bertz CT molecular complexity index is 851. The highest BCUT2D eigenvalue weighted by Crippen LogP contribution is 2.35. The Morgan fingerprint density at radius 3 is 2.13 bits per heavy atom. The Hall–Kier alpha value is -2.62. The van der Waals surface area contributed by atoms with Crippen molar-refractivity contribution in [2.75, 3.05) is 18.0 Å². The van der Waals surface area contributed by atoms with E-state index in [2.05, 4.69) is 4.74 Å². The molecule has 1 atom stereocenters. The van der Waals surface area contributed by atoms with Crippen molar-refractivity contribution in [2.45, 2.75) is 31.5 Å². The van der Waals surface area contributed by atoms with Gasteiger partial charge in [-0.1, -0.05) is 12.1 Å². The molecule has 30 heavy (non-hydrogen) atoms. The zero-order valence-corrected chi connectivity index (χ0v) is 15.6. The molecule has 0 aliphatic heterocycles. The highest BCUT2D eigenvalue weighted by atomic mass is 19.4. The van der Waals surface area contributed by atoms with Gasteiger partial charge in [0.05, 0.1) is 6.54 Å². The Labute approximate surface area is 168 Å². The first-order valence-corrected chi connectivity index (χ1v) is 9.13. The van der Waals surface area contributed by atoms with Crippen molar-refractivity contribution in [1.82, 2.24) is 0 Å². The van der Waals surface area contributed by atoms with Crippen LogP contribution in [0.2, 0.25) is 0 Å². The molecule has 0 radical (unpaired) electrons. The van der Waals surface area contributed by atoms with Gasteiger partial charge in [-0.05, 0) is 43.0 Å². The van der Waals surface area contributed by atoms with Gasteiger partial charge in [-0.2, -0.15) is 13.2 Å². The van der Waals surface area contributed by atoms with Crippen LogP contribution in [0.5, 0.6) is 17.2 Å². The predicted molar refractivity (Wildman–Crippen MR) is 96.6 cm³/mol. The summed E-state index contributed by atoms with van der Waals surface area (Å²) in [6.45, 7) is -0.274. The third kappa shape index (κ3) is 6.72. The molecule has 1 N–H and O–H groups in total. The van der Waals surface area contributed by atoms with Gasteiger partial charge in [0.25, 0.3) is 0 Å².